The summed E-state index contributed by atoms with van der Waals surface area (Å²) in [6.45, 7) is 2.17. The van der Waals surface area contributed by atoms with Gasteiger partial charge in [0.25, 0.3) is 0 Å². The lowest BCUT2D eigenvalue weighted by Gasteiger charge is -2.23. The molecule has 0 saturated carbocycles. The van der Waals surface area contributed by atoms with Crippen LogP contribution >= 0.6 is 11.6 Å². The zero-order valence-corrected chi connectivity index (χ0v) is 9.43. The summed E-state index contributed by atoms with van der Waals surface area (Å²) in [4.78, 5) is 0. The van der Waals surface area contributed by atoms with E-state index in [-0.39, 0.29) is 0 Å². The van der Waals surface area contributed by atoms with E-state index in [0.29, 0.717) is 16.7 Å². The molecule has 0 aromatic heterocycles. The van der Waals surface area contributed by atoms with E-state index in [9.17, 15) is 5.11 Å². The number of hydrogen-bond donors (Lipinski definition) is 2. The molecule has 0 aliphatic carbocycles. The molecule has 1 unspecified atom stereocenters. The standard InChI is InChI=1S/C12H16ClNO/c13-11-3-4-12(15)10(7-11)6-9-2-1-5-14-8-9/h3-4,7,9,14-15H,1-2,5-6,8H2. The van der Waals surface area contributed by atoms with E-state index in [1.165, 1.54) is 12.8 Å². The van der Waals surface area contributed by atoms with Crippen LogP contribution in [0.25, 0.3) is 0 Å². The van der Waals surface area contributed by atoms with Gasteiger partial charge in [-0.05, 0) is 62.0 Å². The Kier molecular flexibility index (Phi) is 3.49. The van der Waals surface area contributed by atoms with E-state index in [4.69, 9.17) is 11.6 Å². The van der Waals surface area contributed by atoms with Crippen LogP contribution in [0, 0.1) is 5.92 Å². The van der Waals surface area contributed by atoms with Crippen molar-refractivity contribution < 1.29 is 5.11 Å². The third kappa shape index (κ3) is 2.86. The largest absolute Gasteiger partial charge is 0.508 e. The summed E-state index contributed by atoms with van der Waals surface area (Å²) < 4.78 is 0. The number of benzene rings is 1. The number of rotatable bonds is 2. The Labute approximate surface area is 95.3 Å². The first-order chi connectivity index (χ1) is 7.25. The molecule has 2 N–H and O–H groups in total. The van der Waals surface area contributed by atoms with Crippen LogP contribution in [0.15, 0.2) is 18.2 Å². The van der Waals surface area contributed by atoms with E-state index in [2.05, 4.69) is 5.32 Å². The van der Waals surface area contributed by atoms with Crippen LogP contribution < -0.4 is 5.32 Å². The first kappa shape index (κ1) is 10.8. The number of phenolic OH excluding ortho intramolecular Hbond substituents is 1. The van der Waals surface area contributed by atoms with Gasteiger partial charge in [0.05, 0.1) is 0 Å². The fourth-order valence-corrected chi connectivity index (χ4v) is 2.32. The molecule has 2 nitrogen and oxygen atoms in total. The van der Waals surface area contributed by atoms with Crippen LogP contribution in [0.3, 0.4) is 0 Å². The molecule has 1 aliphatic rings. The summed E-state index contributed by atoms with van der Waals surface area (Å²) in [5.74, 6) is 0.994. The number of hydrogen-bond acceptors (Lipinski definition) is 2. The monoisotopic (exact) mass is 225 g/mol. The summed E-state index contributed by atoms with van der Waals surface area (Å²) in [7, 11) is 0. The molecule has 0 amide bonds. The zero-order valence-electron chi connectivity index (χ0n) is 8.67. The minimum absolute atomic E-state index is 0.366. The van der Waals surface area contributed by atoms with Gasteiger partial charge in [-0.15, -0.1) is 0 Å². The van der Waals surface area contributed by atoms with Crippen LogP contribution in [0.4, 0.5) is 0 Å². The van der Waals surface area contributed by atoms with E-state index in [1.54, 1.807) is 12.1 Å². The van der Waals surface area contributed by atoms with E-state index >= 15 is 0 Å². The number of phenols is 1. The van der Waals surface area contributed by atoms with Gasteiger partial charge in [0.2, 0.25) is 0 Å². The van der Waals surface area contributed by atoms with Crippen LogP contribution in [0.5, 0.6) is 5.75 Å². The third-order valence-corrected chi connectivity index (χ3v) is 3.18. The van der Waals surface area contributed by atoms with Crippen molar-refractivity contribution >= 4 is 11.6 Å². The summed E-state index contributed by atoms with van der Waals surface area (Å²) in [5.41, 5.74) is 0.969. The van der Waals surface area contributed by atoms with Gasteiger partial charge >= 0.3 is 0 Å². The maximum Gasteiger partial charge on any atom is 0.118 e. The second kappa shape index (κ2) is 4.86. The molecular formula is C12H16ClNO. The first-order valence-corrected chi connectivity index (χ1v) is 5.81. The van der Waals surface area contributed by atoms with Crippen molar-refractivity contribution in [1.29, 1.82) is 0 Å². The number of halogens is 1. The smallest absolute Gasteiger partial charge is 0.118 e. The molecule has 82 valence electrons. The molecule has 0 radical (unpaired) electrons. The fourth-order valence-electron chi connectivity index (χ4n) is 2.13. The average Bonchev–Trinajstić information content (AvgIpc) is 2.25. The highest BCUT2D eigenvalue weighted by Gasteiger charge is 2.15. The first-order valence-electron chi connectivity index (χ1n) is 5.44. The average molecular weight is 226 g/mol. The van der Waals surface area contributed by atoms with Crippen molar-refractivity contribution in [3.63, 3.8) is 0 Å². The molecule has 1 aromatic rings. The third-order valence-electron chi connectivity index (χ3n) is 2.95. The highest BCUT2D eigenvalue weighted by atomic mass is 35.5. The zero-order chi connectivity index (χ0) is 10.7. The Bertz CT molecular complexity index is 334. The molecule has 1 aromatic carbocycles. The number of aromatic hydroxyl groups is 1. The lowest BCUT2D eigenvalue weighted by Crippen LogP contribution is -2.30. The molecule has 0 spiro atoms. The van der Waals surface area contributed by atoms with E-state index in [0.717, 1.165) is 25.1 Å². The van der Waals surface area contributed by atoms with Gasteiger partial charge in [-0.2, -0.15) is 0 Å². The minimum Gasteiger partial charge on any atom is -0.508 e. The molecule has 0 bridgehead atoms. The van der Waals surface area contributed by atoms with Crippen LogP contribution in [0.2, 0.25) is 5.02 Å². The van der Waals surface area contributed by atoms with Crippen molar-refractivity contribution in [3.05, 3.63) is 28.8 Å². The Hall–Kier alpha value is -0.730. The second-order valence-electron chi connectivity index (χ2n) is 4.19. The Morgan fingerprint density at radius 3 is 3.07 bits per heavy atom. The summed E-state index contributed by atoms with van der Waals surface area (Å²) >= 11 is 5.91. The topological polar surface area (TPSA) is 32.3 Å². The number of piperidine rings is 1. The maximum atomic E-state index is 9.69. The van der Waals surface area contributed by atoms with Crippen LogP contribution in [-0.4, -0.2) is 18.2 Å². The number of nitrogens with one attached hydrogen (secondary N) is 1. The van der Waals surface area contributed by atoms with Gasteiger partial charge in [0.15, 0.2) is 0 Å². The predicted molar refractivity (Wildman–Crippen MR) is 62.4 cm³/mol. The predicted octanol–water partition coefficient (Wildman–Crippen LogP) is 2.59. The van der Waals surface area contributed by atoms with E-state index < -0.39 is 0 Å². The highest BCUT2D eigenvalue weighted by Crippen LogP contribution is 2.26. The normalized spacial score (nSPS) is 21.5. The Balaban J connectivity index is 2.05. The lowest BCUT2D eigenvalue weighted by atomic mass is 9.92. The summed E-state index contributed by atoms with van der Waals surface area (Å²) in [6, 6.07) is 5.26. The molecule has 15 heavy (non-hydrogen) atoms. The van der Waals surface area contributed by atoms with Crippen molar-refractivity contribution in [1.82, 2.24) is 5.32 Å². The van der Waals surface area contributed by atoms with Crippen molar-refractivity contribution in [3.8, 4) is 5.75 Å². The van der Waals surface area contributed by atoms with Crippen LogP contribution in [-0.2, 0) is 6.42 Å². The highest BCUT2D eigenvalue weighted by molar-refractivity contribution is 6.30. The maximum absolute atomic E-state index is 9.69. The molecule has 1 atom stereocenters. The van der Waals surface area contributed by atoms with E-state index in [1.807, 2.05) is 6.07 Å². The van der Waals surface area contributed by atoms with Gasteiger partial charge in [-0.3, -0.25) is 0 Å². The Morgan fingerprint density at radius 2 is 2.33 bits per heavy atom. The quantitative estimate of drug-likeness (QED) is 0.811. The Morgan fingerprint density at radius 1 is 1.47 bits per heavy atom. The van der Waals surface area contributed by atoms with Crippen LogP contribution in [0.1, 0.15) is 18.4 Å². The van der Waals surface area contributed by atoms with Gasteiger partial charge in [0.1, 0.15) is 5.75 Å². The lowest BCUT2D eigenvalue weighted by molar-refractivity contribution is 0.370. The summed E-state index contributed by atoms with van der Waals surface area (Å²) in [6.07, 6.45) is 3.38. The van der Waals surface area contributed by atoms with Gasteiger partial charge in [-0.25, -0.2) is 0 Å². The minimum atomic E-state index is 0.366. The summed E-state index contributed by atoms with van der Waals surface area (Å²) in [5, 5.41) is 13.8. The molecule has 1 fully saturated rings. The van der Waals surface area contributed by atoms with Gasteiger partial charge in [0, 0.05) is 5.02 Å². The molecular weight excluding hydrogens is 210 g/mol. The SMILES string of the molecule is Oc1ccc(Cl)cc1CC1CCCNC1. The molecule has 2 rings (SSSR count). The molecule has 1 heterocycles. The van der Waals surface area contributed by atoms with Gasteiger partial charge in [-0.1, -0.05) is 11.6 Å². The fraction of sp³-hybridized carbons (Fsp3) is 0.500. The van der Waals surface area contributed by atoms with Gasteiger partial charge < -0.3 is 10.4 Å². The molecule has 1 saturated heterocycles. The van der Waals surface area contributed by atoms with Crippen molar-refractivity contribution in [2.45, 2.75) is 19.3 Å². The van der Waals surface area contributed by atoms with Crippen molar-refractivity contribution in [2.24, 2.45) is 5.92 Å². The van der Waals surface area contributed by atoms with Crippen molar-refractivity contribution in [2.75, 3.05) is 13.1 Å². The molecule has 1 aliphatic heterocycles. The second-order valence-corrected chi connectivity index (χ2v) is 4.63. The molecule has 3 heteroatoms.